The van der Waals surface area contributed by atoms with Crippen molar-refractivity contribution in [1.29, 1.82) is 0 Å². The summed E-state index contributed by atoms with van der Waals surface area (Å²) in [4.78, 5) is 12.0. The van der Waals surface area contributed by atoms with Gasteiger partial charge in [0.25, 0.3) is 0 Å². The van der Waals surface area contributed by atoms with E-state index in [4.69, 9.17) is 4.74 Å². The number of methoxy groups -OCH3 is 1. The van der Waals surface area contributed by atoms with E-state index in [-0.39, 0.29) is 5.92 Å². The maximum atomic E-state index is 12.0. The number of carbonyl (C=O) groups is 1. The molecule has 2 nitrogen and oxygen atoms in total. The van der Waals surface area contributed by atoms with Crippen molar-refractivity contribution >= 4 is 21.7 Å². The molecule has 94 valence electrons. The van der Waals surface area contributed by atoms with Crippen LogP contribution in [-0.4, -0.2) is 12.9 Å². The standard InChI is InChI=1S/C14H19BrO2/c1-4-5-10(2)14(16)9-11-8-12(17-3)6-7-13(11)15/h6-8,10H,4-5,9H2,1-3H3. The van der Waals surface area contributed by atoms with Crippen LogP contribution in [-0.2, 0) is 11.2 Å². The van der Waals surface area contributed by atoms with E-state index in [1.165, 1.54) is 0 Å². The van der Waals surface area contributed by atoms with Crippen molar-refractivity contribution in [2.75, 3.05) is 7.11 Å². The molecule has 17 heavy (non-hydrogen) atoms. The number of hydrogen-bond acceptors (Lipinski definition) is 2. The molecule has 3 heteroatoms. The smallest absolute Gasteiger partial charge is 0.140 e. The number of ketones is 1. The summed E-state index contributed by atoms with van der Waals surface area (Å²) in [5.41, 5.74) is 0.998. The van der Waals surface area contributed by atoms with Gasteiger partial charge in [-0.2, -0.15) is 0 Å². The fourth-order valence-electron chi connectivity index (χ4n) is 1.77. The number of benzene rings is 1. The summed E-state index contributed by atoms with van der Waals surface area (Å²) in [6.45, 7) is 4.10. The molecule has 1 atom stereocenters. The van der Waals surface area contributed by atoms with Crippen LogP contribution in [0.4, 0.5) is 0 Å². The summed E-state index contributed by atoms with van der Waals surface area (Å²) < 4.78 is 6.14. The van der Waals surface area contributed by atoms with Crippen molar-refractivity contribution in [3.8, 4) is 5.75 Å². The highest BCUT2D eigenvalue weighted by Gasteiger charge is 2.14. The van der Waals surface area contributed by atoms with Crippen LogP contribution in [0.5, 0.6) is 5.75 Å². The van der Waals surface area contributed by atoms with Crippen LogP contribution in [0.1, 0.15) is 32.3 Å². The predicted octanol–water partition coefficient (Wildman–Crippen LogP) is 4.01. The fourth-order valence-corrected chi connectivity index (χ4v) is 2.16. The van der Waals surface area contributed by atoms with E-state index in [1.54, 1.807) is 7.11 Å². The maximum absolute atomic E-state index is 12.0. The van der Waals surface area contributed by atoms with Gasteiger partial charge in [0, 0.05) is 16.8 Å². The number of carbonyl (C=O) groups excluding carboxylic acids is 1. The third-order valence-corrected chi connectivity index (χ3v) is 3.66. The van der Waals surface area contributed by atoms with E-state index in [0.717, 1.165) is 28.6 Å². The lowest BCUT2D eigenvalue weighted by atomic mass is 9.96. The lowest BCUT2D eigenvalue weighted by molar-refractivity contribution is -0.121. The first-order valence-electron chi connectivity index (χ1n) is 5.93. The Morgan fingerprint density at radius 2 is 2.18 bits per heavy atom. The summed E-state index contributed by atoms with van der Waals surface area (Å²) in [5, 5.41) is 0. The minimum Gasteiger partial charge on any atom is -0.497 e. The molecule has 1 aromatic rings. The molecule has 0 saturated carbocycles. The third-order valence-electron chi connectivity index (χ3n) is 2.89. The van der Waals surface area contributed by atoms with Gasteiger partial charge in [-0.15, -0.1) is 0 Å². The minimum atomic E-state index is 0.137. The second-order valence-electron chi connectivity index (χ2n) is 4.29. The van der Waals surface area contributed by atoms with Crippen LogP contribution in [0, 0.1) is 5.92 Å². The molecule has 0 aliphatic heterocycles. The molecule has 0 bridgehead atoms. The molecule has 0 spiro atoms. The van der Waals surface area contributed by atoms with E-state index >= 15 is 0 Å². The normalized spacial score (nSPS) is 12.2. The molecule has 0 N–H and O–H groups in total. The molecule has 0 aliphatic carbocycles. The summed E-state index contributed by atoms with van der Waals surface area (Å²) >= 11 is 3.47. The number of Topliss-reactive ketones (excluding diaryl/α,β-unsaturated/α-hetero) is 1. The van der Waals surface area contributed by atoms with Gasteiger partial charge in [-0.05, 0) is 30.2 Å². The number of hydrogen-bond donors (Lipinski definition) is 0. The Kier molecular flexibility index (Phi) is 5.69. The van der Waals surface area contributed by atoms with Crippen molar-refractivity contribution in [3.63, 3.8) is 0 Å². The molecule has 1 aromatic carbocycles. The van der Waals surface area contributed by atoms with Gasteiger partial charge in [0.05, 0.1) is 7.11 Å². The third kappa shape index (κ3) is 4.15. The largest absolute Gasteiger partial charge is 0.497 e. The molecule has 1 rings (SSSR count). The highest BCUT2D eigenvalue weighted by atomic mass is 79.9. The first-order chi connectivity index (χ1) is 8.08. The number of halogens is 1. The number of rotatable bonds is 6. The van der Waals surface area contributed by atoms with Crippen molar-refractivity contribution in [1.82, 2.24) is 0 Å². The monoisotopic (exact) mass is 298 g/mol. The molecule has 0 radical (unpaired) electrons. The SMILES string of the molecule is CCCC(C)C(=O)Cc1cc(OC)ccc1Br. The van der Waals surface area contributed by atoms with Gasteiger partial charge in [-0.25, -0.2) is 0 Å². The molecule has 0 saturated heterocycles. The lowest BCUT2D eigenvalue weighted by Gasteiger charge is -2.11. The molecule has 0 heterocycles. The van der Waals surface area contributed by atoms with Crippen molar-refractivity contribution in [2.24, 2.45) is 5.92 Å². The Bertz CT molecular complexity index is 388. The highest BCUT2D eigenvalue weighted by molar-refractivity contribution is 9.10. The molecule has 0 fully saturated rings. The molecule has 0 aromatic heterocycles. The zero-order valence-electron chi connectivity index (χ0n) is 10.6. The van der Waals surface area contributed by atoms with Gasteiger partial charge in [0.15, 0.2) is 0 Å². The fraction of sp³-hybridized carbons (Fsp3) is 0.500. The van der Waals surface area contributed by atoms with E-state index in [2.05, 4.69) is 22.9 Å². The number of ether oxygens (including phenoxy) is 1. The predicted molar refractivity (Wildman–Crippen MR) is 73.5 cm³/mol. The van der Waals surface area contributed by atoms with Crippen LogP contribution >= 0.6 is 15.9 Å². The first kappa shape index (κ1) is 14.2. The molecule has 1 unspecified atom stereocenters. The Balaban J connectivity index is 2.76. The summed E-state index contributed by atoms with van der Waals surface area (Å²) in [6, 6.07) is 5.72. The van der Waals surface area contributed by atoms with Gasteiger partial charge in [-0.3, -0.25) is 4.79 Å². The lowest BCUT2D eigenvalue weighted by Crippen LogP contribution is -2.13. The summed E-state index contributed by atoms with van der Waals surface area (Å²) in [7, 11) is 1.63. The van der Waals surface area contributed by atoms with Gasteiger partial charge >= 0.3 is 0 Å². The zero-order chi connectivity index (χ0) is 12.8. The highest BCUT2D eigenvalue weighted by Crippen LogP contribution is 2.24. The Morgan fingerprint density at radius 1 is 1.47 bits per heavy atom. The molecular weight excluding hydrogens is 280 g/mol. The van der Waals surface area contributed by atoms with Gasteiger partial charge in [0.1, 0.15) is 11.5 Å². The molecular formula is C14H19BrO2. The van der Waals surface area contributed by atoms with Crippen LogP contribution in [0.15, 0.2) is 22.7 Å². The second kappa shape index (κ2) is 6.80. The van der Waals surface area contributed by atoms with E-state index in [1.807, 2.05) is 25.1 Å². The van der Waals surface area contributed by atoms with Crippen LogP contribution in [0.2, 0.25) is 0 Å². The molecule has 0 amide bonds. The van der Waals surface area contributed by atoms with Crippen LogP contribution in [0.25, 0.3) is 0 Å². The van der Waals surface area contributed by atoms with E-state index in [0.29, 0.717) is 12.2 Å². The topological polar surface area (TPSA) is 26.3 Å². The Hall–Kier alpha value is -0.830. The maximum Gasteiger partial charge on any atom is 0.140 e. The Morgan fingerprint density at radius 3 is 2.76 bits per heavy atom. The average Bonchev–Trinajstić information content (AvgIpc) is 2.32. The minimum absolute atomic E-state index is 0.137. The van der Waals surface area contributed by atoms with Gasteiger partial charge < -0.3 is 4.74 Å². The quantitative estimate of drug-likeness (QED) is 0.793. The Labute approximate surface area is 111 Å². The first-order valence-corrected chi connectivity index (χ1v) is 6.72. The van der Waals surface area contributed by atoms with Crippen molar-refractivity contribution < 1.29 is 9.53 Å². The van der Waals surface area contributed by atoms with E-state index < -0.39 is 0 Å². The average molecular weight is 299 g/mol. The summed E-state index contributed by atoms with van der Waals surface area (Å²) in [5.74, 6) is 1.22. The zero-order valence-corrected chi connectivity index (χ0v) is 12.2. The van der Waals surface area contributed by atoms with Gasteiger partial charge in [-0.1, -0.05) is 36.2 Å². The van der Waals surface area contributed by atoms with Crippen molar-refractivity contribution in [2.45, 2.75) is 33.1 Å². The molecule has 0 aliphatic rings. The van der Waals surface area contributed by atoms with Crippen molar-refractivity contribution in [3.05, 3.63) is 28.2 Å². The van der Waals surface area contributed by atoms with E-state index in [9.17, 15) is 4.79 Å². The second-order valence-corrected chi connectivity index (χ2v) is 5.14. The van der Waals surface area contributed by atoms with Gasteiger partial charge in [0.2, 0.25) is 0 Å². The summed E-state index contributed by atoms with van der Waals surface area (Å²) in [6.07, 6.45) is 2.48. The van der Waals surface area contributed by atoms with Crippen LogP contribution < -0.4 is 4.74 Å². The van der Waals surface area contributed by atoms with Crippen LogP contribution in [0.3, 0.4) is 0 Å².